The second-order valence-corrected chi connectivity index (χ2v) is 18.3. The van der Waals surface area contributed by atoms with E-state index in [4.69, 9.17) is 30.5 Å². The lowest BCUT2D eigenvalue weighted by atomic mass is 9.59. The van der Waals surface area contributed by atoms with Crippen LogP contribution in [0.4, 0.5) is 18.9 Å². The first-order chi connectivity index (χ1) is 31.2. The molecule has 0 bridgehead atoms. The van der Waals surface area contributed by atoms with Gasteiger partial charge in [0.1, 0.15) is 23.1 Å². The van der Waals surface area contributed by atoms with Gasteiger partial charge in [-0.1, -0.05) is 67.9 Å². The van der Waals surface area contributed by atoms with Crippen molar-refractivity contribution < 1.29 is 46.5 Å². The van der Waals surface area contributed by atoms with Crippen molar-refractivity contribution >= 4 is 35.1 Å². The van der Waals surface area contributed by atoms with E-state index in [1.54, 1.807) is 6.92 Å². The SMILES string of the molecule is CCOC(=O)C(NCCCOc1ccc2c(c1)C1(CCC(C(=O)OC)(N(C(=O)C(F)(F)F)c3cccc(Cl)c3)CC1)[C@@H](C[C@@H](C)COc1ccnc3c1[C@H](C)CCC3)C2)c1ccccc1. The summed E-state index contributed by atoms with van der Waals surface area (Å²) in [4.78, 5) is 45.5. The van der Waals surface area contributed by atoms with Crippen LogP contribution in [0.3, 0.4) is 0 Å². The maximum atomic E-state index is 14.5. The minimum atomic E-state index is -5.29. The number of anilines is 1. The second kappa shape index (κ2) is 20.6. The molecule has 1 N–H and O–H groups in total. The maximum absolute atomic E-state index is 14.5. The Hall–Kier alpha value is -5.14. The van der Waals surface area contributed by atoms with E-state index >= 15 is 0 Å². The van der Waals surface area contributed by atoms with Crippen molar-refractivity contribution in [1.82, 2.24) is 10.3 Å². The quantitative estimate of drug-likeness (QED) is 0.0816. The van der Waals surface area contributed by atoms with Gasteiger partial charge in [0, 0.05) is 28.2 Å². The van der Waals surface area contributed by atoms with E-state index in [1.807, 2.05) is 54.7 Å². The van der Waals surface area contributed by atoms with Gasteiger partial charge in [-0.05, 0) is 154 Å². The third-order valence-corrected chi connectivity index (χ3v) is 14.0. The van der Waals surface area contributed by atoms with Gasteiger partial charge >= 0.3 is 24.0 Å². The zero-order valence-electron chi connectivity index (χ0n) is 37.6. The number of halogens is 4. The number of carbonyl (C=O) groups is 3. The van der Waals surface area contributed by atoms with E-state index in [0.29, 0.717) is 62.0 Å². The van der Waals surface area contributed by atoms with Gasteiger partial charge in [-0.3, -0.25) is 14.7 Å². The molecule has 65 heavy (non-hydrogen) atoms. The van der Waals surface area contributed by atoms with Crippen LogP contribution in [-0.2, 0) is 42.1 Å². The molecule has 4 atom stereocenters. The Morgan fingerprint density at radius 1 is 0.985 bits per heavy atom. The Kier molecular flexibility index (Phi) is 15.1. The van der Waals surface area contributed by atoms with Crippen molar-refractivity contribution in [3.8, 4) is 11.5 Å². The Morgan fingerprint density at radius 3 is 2.46 bits per heavy atom. The van der Waals surface area contributed by atoms with Crippen LogP contribution in [0.15, 0.2) is 85.1 Å². The van der Waals surface area contributed by atoms with Crippen molar-refractivity contribution in [3.63, 3.8) is 0 Å². The number of alkyl halides is 3. The predicted octanol–water partition coefficient (Wildman–Crippen LogP) is 10.4. The average Bonchev–Trinajstić information content (AvgIpc) is 3.58. The zero-order valence-corrected chi connectivity index (χ0v) is 38.3. The fourth-order valence-electron chi connectivity index (χ4n) is 10.6. The third kappa shape index (κ3) is 10.3. The molecule has 1 spiro atoms. The summed E-state index contributed by atoms with van der Waals surface area (Å²) in [6, 6.07) is 22.4. The minimum Gasteiger partial charge on any atom is -0.494 e. The molecule has 0 aliphatic heterocycles. The highest BCUT2D eigenvalue weighted by Gasteiger charge is 2.60. The summed E-state index contributed by atoms with van der Waals surface area (Å²) in [5.74, 6) is -1.46. The van der Waals surface area contributed by atoms with Crippen LogP contribution >= 0.6 is 11.6 Å². The Morgan fingerprint density at radius 2 is 1.75 bits per heavy atom. The molecular formula is C51H59ClF3N3O7. The Balaban J connectivity index is 1.14. The number of pyridine rings is 1. The number of rotatable bonds is 17. The van der Waals surface area contributed by atoms with Gasteiger partial charge in [-0.15, -0.1) is 0 Å². The largest absolute Gasteiger partial charge is 0.494 e. The number of ether oxygens (including phenoxy) is 4. The number of methoxy groups -OCH3 is 1. The maximum Gasteiger partial charge on any atom is 0.471 e. The molecule has 3 aliphatic rings. The first-order valence-electron chi connectivity index (χ1n) is 22.8. The lowest BCUT2D eigenvalue weighted by Gasteiger charge is -2.51. The second-order valence-electron chi connectivity index (χ2n) is 17.9. The van der Waals surface area contributed by atoms with Crippen molar-refractivity contribution in [2.24, 2.45) is 11.8 Å². The number of nitrogens with one attached hydrogen (secondary N) is 1. The predicted molar refractivity (Wildman–Crippen MR) is 242 cm³/mol. The van der Waals surface area contributed by atoms with Crippen LogP contribution in [0.2, 0.25) is 5.02 Å². The van der Waals surface area contributed by atoms with E-state index in [-0.39, 0.29) is 48.0 Å². The smallest absolute Gasteiger partial charge is 0.471 e. The third-order valence-electron chi connectivity index (χ3n) is 13.7. The normalized spacial score (nSPS) is 22.3. The number of benzene rings is 3. The van der Waals surface area contributed by atoms with Crippen LogP contribution in [0.5, 0.6) is 11.5 Å². The molecule has 0 radical (unpaired) electrons. The molecule has 14 heteroatoms. The van der Waals surface area contributed by atoms with Crippen molar-refractivity contribution in [3.05, 3.63) is 118 Å². The molecule has 0 saturated heterocycles. The minimum absolute atomic E-state index is 0.0345. The molecule has 10 nitrogen and oxygen atoms in total. The molecule has 1 fully saturated rings. The molecular weight excluding hydrogens is 859 g/mol. The summed E-state index contributed by atoms with van der Waals surface area (Å²) < 4.78 is 67.1. The molecule has 1 aromatic heterocycles. The van der Waals surface area contributed by atoms with Gasteiger partial charge in [0.15, 0.2) is 0 Å². The van der Waals surface area contributed by atoms with E-state index in [2.05, 4.69) is 30.2 Å². The number of aromatic nitrogens is 1. The summed E-state index contributed by atoms with van der Waals surface area (Å²) in [6.45, 7) is 7.70. The van der Waals surface area contributed by atoms with Crippen molar-refractivity contribution in [2.45, 2.75) is 114 Å². The number of carbonyl (C=O) groups excluding carboxylic acids is 3. The van der Waals surface area contributed by atoms with Gasteiger partial charge in [0.05, 0.1) is 26.9 Å². The summed E-state index contributed by atoms with van der Waals surface area (Å²) in [7, 11) is 1.14. The zero-order chi connectivity index (χ0) is 46.4. The van der Waals surface area contributed by atoms with Gasteiger partial charge < -0.3 is 24.3 Å². The van der Waals surface area contributed by atoms with E-state index in [1.165, 1.54) is 29.8 Å². The first kappa shape index (κ1) is 47.8. The van der Waals surface area contributed by atoms with Crippen LogP contribution in [-0.4, -0.2) is 68.0 Å². The number of aryl methyl sites for hydroxylation is 1. The molecule has 1 heterocycles. The number of nitrogens with zero attached hydrogens (tertiary/aromatic N) is 2. The molecule has 3 aromatic carbocycles. The molecule has 7 rings (SSSR count). The molecule has 1 unspecified atom stereocenters. The monoisotopic (exact) mass is 917 g/mol. The lowest BCUT2D eigenvalue weighted by molar-refractivity contribution is -0.174. The number of fused-ring (bicyclic) bond motifs is 3. The van der Waals surface area contributed by atoms with Crippen LogP contribution < -0.4 is 19.7 Å². The van der Waals surface area contributed by atoms with Crippen LogP contribution in [0.1, 0.15) is 112 Å². The van der Waals surface area contributed by atoms with Gasteiger partial charge in [-0.2, -0.15) is 13.2 Å². The summed E-state index contributed by atoms with van der Waals surface area (Å²) in [5, 5.41) is 3.43. The van der Waals surface area contributed by atoms with E-state index in [9.17, 15) is 27.6 Å². The molecule has 1 amide bonds. The summed E-state index contributed by atoms with van der Waals surface area (Å²) in [6.07, 6.45) is 2.09. The summed E-state index contributed by atoms with van der Waals surface area (Å²) >= 11 is 6.28. The molecule has 3 aliphatic carbocycles. The Bertz CT molecular complexity index is 2300. The van der Waals surface area contributed by atoms with Crippen molar-refractivity contribution in [1.29, 1.82) is 0 Å². The average molecular weight is 918 g/mol. The Labute approximate surface area is 384 Å². The van der Waals surface area contributed by atoms with Gasteiger partial charge in [0.25, 0.3) is 0 Å². The summed E-state index contributed by atoms with van der Waals surface area (Å²) in [5.41, 5.74) is 2.55. The van der Waals surface area contributed by atoms with E-state index < -0.39 is 35.0 Å². The number of hydrogen-bond donors (Lipinski definition) is 1. The van der Waals surface area contributed by atoms with Crippen LogP contribution in [0, 0.1) is 11.8 Å². The van der Waals surface area contributed by atoms with Crippen LogP contribution in [0.25, 0.3) is 0 Å². The fraction of sp³-hybridized carbons (Fsp3) is 0.490. The highest BCUT2D eigenvalue weighted by molar-refractivity contribution is 6.31. The number of esters is 2. The highest BCUT2D eigenvalue weighted by Crippen LogP contribution is 2.58. The van der Waals surface area contributed by atoms with E-state index in [0.717, 1.165) is 60.9 Å². The van der Waals surface area contributed by atoms with Gasteiger partial charge in [0.2, 0.25) is 0 Å². The highest BCUT2D eigenvalue weighted by atomic mass is 35.5. The number of amides is 1. The molecule has 4 aromatic rings. The number of hydrogen-bond acceptors (Lipinski definition) is 9. The lowest BCUT2D eigenvalue weighted by Crippen LogP contribution is -2.63. The fourth-order valence-corrected chi connectivity index (χ4v) is 10.8. The molecule has 1 saturated carbocycles. The topological polar surface area (TPSA) is 116 Å². The molecule has 348 valence electrons. The standard InChI is InChI=1S/C51H59ClF3N3O7/c1-5-63-46(59)45(35-13-7-6-8-14-35)57-25-11-27-64-40-19-18-36-29-37(28-33(2)32-65-43-20-26-56-42-17-9-12-34(3)44(42)43)49(41(36)31-40)21-23-50(24-22-49,48(61)62-4)58(47(60)51(53,54)55)39-16-10-15-38(52)30-39/h6-8,10,13-16,18-20,26,30-31,33-34,37,45,57H,5,9,11-12,17,21-25,27-29,32H2,1-4H3/t33-,34-,37+,45?,49?,50?/m1/s1. The van der Waals surface area contributed by atoms with Gasteiger partial charge in [-0.25, -0.2) is 9.59 Å². The van der Waals surface area contributed by atoms with Crippen molar-refractivity contribution in [2.75, 3.05) is 38.4 Å². The first-order valence-corrected chi connectivity index (χ1v) is 23.2.